The molecule has 0 unspecified atom stereocenters. The standard InChI is InChI=1S/C18H16N2OS2/c19-15-14(13-9-5-2-6-10-13)18(22)23-16(15)17(21)20-11-12-7-3-1-4-8-12/h1-10,14H,11,19H2,(H,20,21)/t14-/m1/s1. The number of allylic oxidation sites excluding steroid dienone is 1. The van der Waals surface area contributed by atoms with Gasteiger partial charge in [-0.2, -0.15) is 0 Å². The summed E-state index contributed by atoms with van der Waals surface area (Å²) in [4.78, 5) is 12.9. The first kappa shape index (κ1) is 15.8. The predicted octanol–water partition coefficient (Wildman–Crippen LogP) is 3.33. The number of benzene rings is 2. The van der Waals surface area contributed by atoms with Crippen molar-refractivity contribution in [1.29, 1.82) is 0 Å². The van der Waals surface area contributed by atoms with Gasteiger partial charge in [-0.1, -0.05) is 84.6 Å². The molecular weight excluding hydrogens is 324 g/mol. The molecule has 2 aromatic rings. The van der Waals surface area contributed by atoms with E-state index in [4.69, 9.17) is 18.0 Å². The van der Waals surface area contributed by atoms with Crippen molar-refractivity contribution < 1.29 is 4.79 Å². The molecule has 0 fully saturated rings. The van der Waals surface area contributed by atoms with Crippen LogP contribution in [0.2, 0.25) is 0 Å². The molecular formula is C18H16N2OS2. The second-order valence-corrected chi connectivity index (χ2v) is 6.97. The Morgan fingerprint density at radius 2 is 1.70 bits per heavy atom. The fourth-order valence-electron chi connectivity index (χ4n) is 2.47. The highest BCUT2D eigenvalue weighted by molar-refractivity contribution is 8.26. The Morgan fingerprint density at radius 3 is 2.35 bits per heavy atom. The van der Waals surface area contributed by atoms with Gasteiger partial charge in [-0.15, -0.1) is 0 Å². The molecule has 0 bridgehead atoms. The van der Waals surface area contributed by atoms with Gasteiger partial charge in [0.05, 0.1) is 15.0 Å². The van der Waals surface area contributed by atoms with Gasteiger partial charge >= 0.3 is 0 Å². The van der Waals surface area contributed by atoms with Crippen LogP contribution in [0.5, 0.6) is 0 Å². The molecule has 0 saturated heterocycles. The molecule has 1 aliphatic heterocycles. The number of hydrogen-bond donors (Lipinski definition) is 2. The summed E-state index contributed by atoms with van der Waals surface area (Å²) in [6.07, 6.45) is 0. The zero-order valence-electron chi connectivity index (χ0n) is 12.4. The van der Waals surface area contributed by atoms with E-state index in [1.54, 1.807) is 0 Å². The van der Waals surface area contributed by atoms with Crippen molar-refractivity contribution in [2.75, 3.05) is 0 Å². The second-order valence-electron chi connectivity index (χ2n) is 5.22. The molecule has 0 aliphatic carbocycles. The van der Waals surface area contributed by atoms with Gasteiger partial charge in [-0.3, -0.25) is 4.79 Å². The number of carbonyl (C=O) groups excluding carboxylic acids is 1. The molecule has 3 rings (SSSR count). The second kappa shape index (κ2) is 6.98. The van der Waals surface area contributed by atoms with Gasteiger partial charge in [-0.25, -0.2) is 0 Å². The summed E-state index contributed by atoms with van der Waals surface area (Å²) >= 11 is 6.73. The fourth-order valence-corrected chi connectivity index (χ4v) is 3.97. The normalized spacial score (nSPS) is 17.4. The summed E-state index contributed by atoms with van der Waals surface area (Å²) in [6, 6.07) is 19.6. The number of nitrogens with one attached hydrogen (secondary N) is 1. The van der Waals surface area contributed by atoms with Gasteiger partial charge in [0.1, 0.15) is 0 Å². The highest BCUT2D eigenvalue weighted by Crippen LogP contribution is 2.41. The van der Waals surface area contributed by atoms with Crippen molar-refractivity contribution in [2.45, 2.75) is 12.5 Å². The molecule has 0 aromatic heterocycles. The Balaban J connectivity index is 1.75. The summed E-state index contributed by atoms with van der Waals surface area (Å²) in [5.41, 5.74) is 8.83. The maximum Gasteiger partial charge on any atom is 0.260 e. The third-order valence-corrected chi connectivity index (χ3v) is 5.19. The molecule has 3 nitrogen and oxygen atoms in total. The summed E-state index contributed by atoms with van der Waals surface area (Å²) in [6.45, 7) is 0.472. The molecule has 1 aliphatic rings. The molecule has 0 spiro atoms. The largest absolute Gasteiger partial charge is 0.400 e. The van der Waals surface area contributed by atoms with Crippen LogP contribution in [0.25, 0.3) is 0 Å². The third-order valence-electron chi connectivity index (χ3n) is 3.65. The fraction of sp³-hybridized carbons (Fsp3) is 0.111. The van der Waals surface area contributed by atoms with Crippen molar-refractivity contribution in [3.8, 4) is 0 Å². The van der Waals surface area contributed by atoms with Crippen molar-refractivity contribution in [3.05, 3.63) is 82.4 Å². The maximum atomic E-state index is 12.4. The predicted molar refractivity (Wildman–Crippen MR) is 98.9 cm³/mol. The number of rotatable bonds is 4. The van der Waals surface area contributed by atoms with Crippen LogP contribution in [0.4, 0.5) is 0 Å². The molecule has 0 radical (unpaired) electrons. The summed E-state index contributed by atoms with van der Waals surface area (Å²) in [7, 11) is 0. The Kier molecular flexibility index (Phi) is 4.79. The number of carbonyl (C=O) groups is 1. The summed E-state index contributed by atoms with van der Waals surface area (Å²) in [5.74, 6) is -0.342. The molecule has 2 aromatic carbocycles. The molecule has 1 amide bonds. The van der Waals surface area contributed by atoms with Gasteiger partial charge in [0.2, 0.25) is 0 Å². The minimum atomic E-state index is -0.173. The van der Waals surface area contributed by atoms with E-state index in [0.717, 1.165) is 15.3 Å². The minimum absolute atomic E-state index is 0.169. The molecule has 0 saturated carbocycles. The van der Waals surface area contributed by atoms with Crippen LogP contribution in [-0.2, 0) is 11.3 Å². The van der Waals surface area contributed by atoms with E-state index in [9.17, 15) is 4.79 Å². The molecule has 1 atom stereocenters. The van der Waals surface area contributed by atoms with E-state index in [0.29, 0.717) is 17.1 Å². The van der Waals surface area contributed by atoms with Crippen LogP contribution in [0.1, 0.15) is 17.0 Å². The van der Waals surface area contributed by atoms with Gasteiger partial charge in [0, 0.05) is 12.2 Å². The van der Waals surface area contributed by atoms with Crippen LogP contribution in [0.3, 0.4) is 0 Å². The van der Waals surface area contributed by atoms with Crippen molar-refractivity contribution in [3.63, 3.8) is 0 Å². The highest BCUT2D eigenvalue weighted by atomic mass is 32.2. The van der Waals surface area contributed by atoms with Crippen LogP contribution in [0.15, 0.2) is 71.3 Å². The highest BCUT2D eigenvalue weighted by Gasteiger charge is 2.33. The van der Waals surface area contributed by atoms with Crippen LogP contribution < -0.4 is 11.1 Å². The molecule has 23 heavy (non-hydrogen) atoms. The first-order valence-corrected chi connectivity index (χ1v) is 8.47. The lowest BCUT2D eigenvalue weighted by molar-refractivity contribution is -0.117. The number of amides is 1. The third kappa shape index (κ3) is 3.46. The molecule has 3 N–H and O–H groups in total. The lowest BCUT2D eigenvalue weighted by Crippen LogP contribution is -2.24. The SMILES string of the molecule is NC1=C(C(=O)NCc2ccccc2)SC(=S)[C@@H]1c1ccccc1. The Bertz CT molecular complexity index is 757. The first-order valence-electron chi connectivity index (χ1n) is 7.25. The molecule has 5 heteroatoms. The van der Waals surface area contributed by atoms with Crippen molar-refractivity contribution >= 4 is 34.1 Å². The quantitative estimate of drug-likeness (QED) is 0.838. The van der Waals surface area contributed by atoms with Crippen molar-refractivity contribution in [1.82, 2.24) is 5.32 Å². The monoisotopic (exact) mass is 340 g/mol. The maximum absolute atomic E-state index is 12.4. The van der Waals surface area contributed by atoms with E-state index < -0.39 is 0 Å². The molecule has 1 heterocycles. The number of thioether (sulfide) groups is 1. The topological polar surface area (TPSA) is 55.1 Å². The number of nitrogens with two attached hydrogens (primary N) is 1. The van der Waals surface area contributed by atoms with Crippen LogP contribution in [0, 0.1) is 0 Å². The lowest BCUT2D eigenvalue weighted by Gasteiger charge is -2.11. The first-order chi connectivity index (χ1) is 11.2. The summed E-state index contributed by atoms with van der Waals surface area (Å²) < 4.78 is 0.721. The Labute approximate surface area is 145 Å². The average Bonchev–Trinajstić information content (AvgIpc) is 2.89. The van der Waals surface area contributed by atoms with E-state index in [-0.39, 0.29) is 11.8 Å². The van der Waals surface area contributed by atoms with Gasteiger partial charge in [0.25, 0.3) is 5.91 Å². The zero-order chi connectivity index (χ0) is 16.2. The van der Waals surface area contributed by atoms with Gasteiger partial charge in [-0.05, 0) is 11.1 Å². The minimum Gasteiger partial charge on any atom is -0.400 e. The number of thiocarbonyl (C=S) groups is 1. The van der Waals surface area contributed by atoms with E-state index in [1.165, 1.54) is 11.8 Å². The van der Waals surface area contributed by atoms with E-state index in [2.05, 4.69) is 5.32 Å². The molecule has 116 valence electrons. The van der Waals surface area contributed by atoms with Gasteiger partial charge in [0.15, 0.2) is 0 Å². The van der Waals surface area contributed by atoms with Crippen molar-refractivity contribution in [2.24, 2.45) is 5.73 Å². The van der Waals surface area contributed by atoms with Gasteiger partial charge < -0.3 is 11.1 Å². The smallest absolute Gasteiger partial charge is 0.260 e. The van der Waals surface area contributed by atoms with E-state index >= 15 is 0 Å². The van der Waals surface area contributed by atoms with Crippen LogP contribution >= 0.6 is 24.0 Å². The lowest BCUT2D eigenvalue weighted by atomic mass is 9.97. The summed E-state index contributed by atoms with van der Waals surface area (Å²) in [5, 5.41) is 2.91. The zero-order valence-corrected chi connectivity index (χ0v) is 14.0. The Hall–Kier alpha value is -2.11. The number of hydrogen-bond acceptors (Lipinski definition) is 4. The average molecular weight is 340 g/mol. The van der Waals surface area contributed by atoms with Crippen LogP contribution in [-0.4, -0.2) is 10.1 Å². The Morgan fingerprint density at radius 1 is 1.09 bits per heavy atom. The van der Waals surface area contributed by atoms with E-state index in [1.807, 2.05) is 60.7 Å².